The van der Waals surface area contributed by atoms with Gasteiger partial charge in [-0.05, 0) is 0 Å². The minimum absolute atomic E-state index is 0.194. The molecule has 1 rings (SSSR count). The Morgan fingerprint density at radius 3 is 2.18 bits per heavy atom. The maximum absolute atomic E-state index is 7.32. The van der Waals surface area contributed by atoms with Crippen molar-refractivity contribution >= 4 is 23.2 Å². The molecule has 0 saturated heterocycles. The summed E-state index contributed by atoms with van der Waals surface area (Å²) in [6.45, 7) is 1.43. The molecule has 0 aliphatic carbocycles. The molecule has 0 amide bonds. The molecular weight excluding hydrogens is 189 g/mol. The fraction of sp³-hybridized carbons (Fsp3) is 0.500. The number of hydrogen-bond donors (Lipinski definition) is 1. The molecular formula is C4H7Cl2N5. The molecule has 0 bridgehead atoms. The normalized spacial score (nSPS) is 6.00. The van der Waals surface area contributed by atoms with Gasteiger partial charge in [0.15, 0.2) is 6.33 Å². The third-order valence-electron chi connectivity index (χ3n) is 0.270. The van der Waals surface area contributed by atoms with Gasteiger partial charge in [-0.15, -0.1) is 33.4 Å². The molecule has 0 fully saturated rings. The number of hydrogen-bond acceptors (Lipinski definition) is 4. The summed E-state index contributed by atoms with van der Waals surface area (Å²) in [6, 6.07) is 1.75. The SMILES string of the molecule is CC#N.ClCCl.c1nn[nH]n1. The van der Waals surface area contributed by atoms with E-state index in [9.17, 15) is 0 Å². The van der Waals surface area contributed by atoms with Crippen LogP contribution in [0.1, 0.15) is 6.92 Å². The van der Waals surface area contributed by atoms with Gasteiger partial charge in [-0.2, -0.15) is 10.5 Å². The van der Waals surface area contributed by atoms with Crippen molar-refractivity contribution in [3.8, 4) is 6.07 Å². The molecule has 0 radical (unpaired) electrons. The zero-order valence-corrected chi connectivity index (χ0v) is 7.34. The van der Waals surface area contributed by atoms with E-state index in [1.54, 1.807) is 6.07 Å². The molecule has 0 unspecified atom stereocenters. The van der Waals surface area contributed by atoms with Gasteiger partial charge in [0.1, 0.15) is 0 Å². The van der Waals surface area contributed by atoms with Crippen molar-refractivity contribution in [2.24, 2.45) is 0 Å². The quantitative estimate of drug-likeness (QED) is 0.631. The number of H-pyrrole nitrogens is 1. The Morgan fingerprint density at radius 2 is 2.09 bits per heavy atom. The standard InChI is InChI=1S/C2H3N.CH2Cl2.CH2N4/c1-2-3;2-1-3;1-2-4-5-3-1/h1H3;1H2;1H,(H,2,3,4,5). The summed E-state index contributed by atoms with van der Waals surface area (Å²) in [5.74, 6) is 0. The Morgan fingerprint density at radius 1 is 1.64 bits per heavy atom. The summed E-state index contributed by atoms with van der Waals surface area (Å²) in [5, 5.41) is 19.7. The van der Waals surface area contributed by atoms with Crippen molar-refractivity contribution in [2.45, 2.75) is 6.92 Å². The number of aromatic nitrogens is 4. The van der Waals surface area contributed by atoms with Crippen molar-refractivity contribution in [3.63, 3.8) is 0 Å². The Labute approximate surface area is 74.3 Å². The number of aromatic amines is 1. The first-order valence-electron chi connectivity index (χ1n) is 2.42. The van der Waals surface area contributed by atoms with Crippen LogP contribution in [-0.2, 0) is 0 Å². The van der Waals surface area contributed by atoms with Crippen molar-refractivity contribution in [2.75, 3.05) is 5.34 Å². The first-order chi connectivity index (χ1) is 5.33. The third-order valence-corrected chi connectivity index (χ3v) is 0.270. The van der Waals surface area contributed by atoms with Crippen LogP contribution in [0.5, 0.6) is 0 Å². The van der Waals surface area contributed by atoms with Crippen LogP contribution in [-0.4, -0.2) is 26.0 Å². The second kappa shape index (κ2) is 16.1. The molecule has 0 saturated carbocycles. The van der Waals surface area contributed by atoms with Gasteiger partial charge >= 0.3 is 0 Å². The summed E-state index contributed by atoms with van der Waals surface area (Å²) < 4.78 is 0. The van der Waals surface area contributed by atoms with Crippen molar-refractivity contribution in [3.05, 3.63) is 6.33 Å². The van der Waals surface area contributed by atoms with Crippen LogP contribution in [0.15, 0.2) is 6.33 Å². The average Bonchev–Trinajstić information content (AvgIpc) is 2.44. The lowest BCUT2D eigenvalue weighted by atomic mass is 11.0. The molecule has 0 aromatic carbocycles. The van der Waals surface area contributed by atoms with Gasteiger partial charge in [0, 0.05) is 6.92 Å². The number of nitrogens with one attached hydrogen (secondary N) is 1. The van der Waals surface area contributed by atoms with Crippen molar-refractivity contribution in [1.82, 2.24) is 20.6 Å². The fourth-order valence-corrected chi connectivity index (χ4v) is 0.129. The predicted octanol–water partition coefficient (Wildman–Crippen LogP) is 1.15. The zero-order chi connectivity index (χ0) is 8.95. The minimum atomic E-state index is 0.194. The molecule has 0 aliphatic heterocycles. The Kier molecular flexibility index (Phi) is 18.7. The molecule has 1 aromatic heterocycles. The highest BCUT2D eigenvalue weighted by Crippen LogP contribution is 1.73. The van der Waals surface area contributed by atoms with Crippen LogP contribution >= 0.6 is 23.2 Å². The van der Waals surface area contributed by atoms with Gasteiger partial charge < -0.3 is 0 Å². The first kappa shape index (κ1) is 12.8. The molecule has 62 valence electrons. The van der Waals surface area contributed by atoms with Crippen LogP contribution in [0.25, 0.3) is 0 Å². The van der Waals surface area contributed by atoms with Crippen LogP contribution in [0.2, 0.25) is 0 Å². The zero-order valence-electron chi connectivity index (χ0n) is 5.83. The second-order valence-corrected chi connectivity index (χ2v) is 1.69. The Balaban J connectivity index is 0. The number of nitriles is 1. The van der Waals surface area contributed by atoms with Crippen molar-refractivity contribution < 1.29 is 0 Å². The van der Waals surface area contributed by atoms with E-state index < -0.39 is 0 Å². The number of alkyl halides is 2. The Bertz CT molecular complexity index is 140. The largest absolute Gasteiger partial charge is 0.199 e. The molecule has 1 aromatic rings. The number of nitrogens with zero attached hydrogens (tertiary/aromatic N) is 4. The lowest BCUT2D eigenvalue weighted by Gasteiger charge is -1.44. The number of tetrazole rings is 1. The van der Waals surface area contributed by atoms with Crippen LogP contribution < -0.4 is 0 Å². The van der Waals surface area contributed by atoms with Gasteiger partial charge in [-0.1, -0.05) is 5.21 Å². The van der Waals surface area contributed by atoms with E-state index in [1.807, 2.05) is 0 Å². The van der Waals surface area contributed by atoms with E-state index in [2.05, 4.69) is 20.6 Å². The second-order valence-electron chi connectivity index (χ2n) is 0.885. The molecule has 1 heterocycles. The third kappa shape index (κ3) is 27.2. The summed E-state index contributed by atoms with van der Waals surface area (Å²) in [7, 11) is 0. The topological polar surface area (TPSA) is 78.2 Å². The highest BCUT2D eigenvalue weighted by atomic mass is 35.5. The van der Waals surface area contributed by atoms with Crippen LogP contribution in [0, 0.1) is 11.3 Å². The monoisotopic (exact) mass is 195 g/mol. The maximum Gasteiger partial charge on any atom is 0.161 e. The predicted molar refractivity (Wildman–Crippen MR) is 42.0 cm³/mol. The lowest BCUT2D eigenvalue weighted by molar-refractivity contribution is 0.881. The number of rotatable bonds is 0. The average molecular weight is 196 g/mol. The van der Waals surface area contributed by atoms with E-state index in [0.29, 0.717) is 0 Å². The van der Waals surface area contributed by atoms with E-state index in [0.717, 1.165) is 0 Å². The molecule has 5 nitrogen and oxygen atoms in total. The highest BCUT2D eigenvalue weighted by molar-refractivity contribution is 6.40. The van der Waals surface area contributed by atoms with E-state index >= 15 is 0 Å². The molecule has 11 heavy (non-hydrogen) atoms. The van der Waals surface area contributed by atoms with Crippen LogP contribution in [0.3, 0.4) is 0 Å². The Hall–Kier alpha value is -0.860. The van der Waals surface area contributed by atoms with E-state index in [4.69, 9.17) is 28.5 Å². The van der Waals surface area contributed by atoms with Crippen LogP contribution in [0.4, 0.5) is 0 Å². The molecule has 7 heteroatoms. The highest BCUT2D eigenvalue weighted by Gasteiger charge is 1.58. The molecule has 0 atom stereocenters. The summed E-state index contributed by atoms with van der Waals surface area (Å²) >= 11 is 9.53. The van der Waals surface area contributed by atoms with E-state index in [-0.39, 0.29) is 5.34 Å². The van der Waals surface area contributed by atoms with E-state index in [1.165, 1.54) is 13.3 Å². The van der Waals surface area contributed by atoms with Gasteiger partial charge in [-0.25, -0.2) is 0 Å². The van der Waals surface area contributed by atoms with Gasteiger partial charge in [-0.3, -0.25) is 0 Å². The van der Waals surface area contributed by atoms with Gasteiger partial charge in [0.2, 0.25) is 0 Å². The molecule has 1 N–H and O–H groups in total. The molecule has 0 spiro atoms. The van der Waals surface area contributed by atoms with Crippen molar-refractivity contribution in [1.29, 1.82) is 5.26 Å². The minimum Gasteiger partial charge on any atom is -0.199 e. The number of halogens is 2. The summed E-state index contributed by atoms with van der Waals surface area (Å²) in [6.07, 6.45) is 1.33. The molecule has 0 aliphatic rings. The maximum atomic E-state index is 7.32. The van der Waals surface area contributed by atoms with Gasteiger partial charge in [0.25, 0.3) is 0 Å². The summed E-state index contributed by atoms with van der Waals surface area (Å²) in [5.41, 5.74) is 0. The summed E-state index contributed by atoms with van der Waals surface area (Å²) in [4.78, 5) is 0. The smallest absolute Gasteiger partial charge is 0.161 e. The van der Waals surface area contributed by atoms with Gasteiger partial charge in [0.05, 0.1) is 11.4 Å². The first-order valence-corrected chi connectivity index (χ1v) is 3.49. The fourth-order valence-electron chi connectivity index (χ4n) is 0.129. The lowest BCUT2D eigenvalue weighted by Crippen LogP contribution is -1.64.